The minimum absolute atomic E-state index is 0.523. The first kappa shape index (κ1) is 18.9. The van der Waals surface area contributed by atoms with E-state index in [2.05, 4.69) is 6.92 Å². The third kappa shape index (κ3) is 3.38. The maximum absolute atomic E-state index is 14.6. The second kappa shape index (κ2) is 7.18. The predicted octanol–water partition coefficient (Wildman–Crippen LogP) is 7.12. The smallest absolute Gasteiger partial charge is 0.164 e. The van der Waals surface area contributed by atoms with Gasteiger partial charge in [-0.2, -0.15) is 0 Å². The summed E-state index contributed by atoms with van der Waals surface area (Å²) >= 11 is 0. The first-order chi connectivity index (χ1) is 12.4. The molecule has 26 heavy (non-hydrogen) atoms. The van der Waals surface area contributed by atoms with Gasteiger partial charge in [-0.3, -0.25) is 0 Å². The van der Waals surface area contributed by atoms with Crippen LogP contribution in [0.4, 0.5) is 8.78 Å². The lowest BCUT2D eigenvalue weighted by Crippen LogP contribution is -2.48. The maximum Gasteiger partial charge on any atom is 0.164 e. The summed E-state index contributed by atoms with van der Waals surface area (Å²) < 4.78 is 35.2. The molecule has 0 aliphatic heterocycles. The third-order valence-electron chi connectivity index (χ3n) is 8.50. The van der Waals surface area contributed by atoms with Crippen molar-refractivity contribution < 1.29 is 13.5 Å². The SMILES string of the molecule is CC1CCC(C2CCC(COC34CCC(C)(CC3)C(F)=C4F)CC2)CC1. The zero-order valence-electron chi connectivity index (χ0n) is 16.7. The largest absolute Gasteiger partial charge is 0.367 e. The van der Waals surface area contributed by atoms with E-state index in [4.69, 9.17) is 4.74 Å². The van der Waals surface area contributed by atoms with Crippen LogP contribution in [-0.4, -0.2) is 12.2 Å². The Bertz CT molecular complexity index is 530. The second-order valence-corrected chi connectivity index (χ2v) is 10.3. The highest BCUT2D eigenvalue weighted by molar-refractivity contribution is 5.28. The van der Waals surface area contributed by atoms with Crippen LogP contribution in [-0.2, 0) is 4.74 Å². The average Bonchev–Trinajstić information content (AvgIpc) is 2.67. The molecule has 0 aromatic heterocycles. The molecule has 148 valence electrons. The van der Waals surface area contributed by atoms with Crippen molar-refractivity contribution in [1.82, 2.24) is 0 Å². The highest BCUT2D eigenvalue weighted by atomic mass is 19.2. The molecule has 0 radical (unpaired) electrons. The molecular weight excluding hydrogens is 330 g/mol. The summed E-state index contributed by atoms with van der Waals surface area (Å²) in [7, 11) is 0. The van der Waals surface area contributed by atoms with Crippen LogP contribution in [0.2, 0.25) is 0 Å². The Balaban J connectivity index is 1.28. The lowest BCUT2D eigenvalue weighted by Gasteiger charge is -2.49. The van der Waals surface area contributed by atoms with Crippen molar-refractivity contribution in [3.63, 3.8) is 0 Å². The quantitative estimate of drug-likeness (QED) is 0.515. The molecule has 0 heterocycles. The van der Waals surface area contributed by atoms with E-state index >= 15 is 0 Å². The molecule has 0 aromatic carbocycles. The Morgan fingerprint density at radius 3 is 1.92 bits per heavy atom. The Labute approximate surface area is 157 Å². The first-order valence-electron chi connectivity index (χ1n) is 11.1. The first-order valence-corrected chi connectivity index (χ1v) is 11.1. The molecule has 3 saturated carbocycles. The van der Waals surface area contributed by atoms with Crippen molar-refractivity contribution in [1.29, 1.82) is 0 Å². The molecule has 1 nitrogen and oxygen atoms in total. The fourth-order valence-corrected chi connectivity index (χ4v) is 6.18. The highest BCUT2D eigenvalue weighted by Gasteiger charge is 2.54. The number of fused-ring (bicyclic) bond motifs is 2. The summed E-state index contributed by atoms with van der Waals surface area (Å²) in [6, 6.07) is 0. The van der Waals surface area contributed by atoms with E-state index in [0.717, 1.165) is 30.6 Å². The lowest BCUT2D eigenvalue weighted by molar-refractivity contribution is -0.109. The zero-order chi connectivity index (χ0) is 18.4. The van der Waals surface area contributed by atoms with Crippen LogP contribution in [0.5, 0.6) is 0 Å². The van der Waals surface area contributed by atoms with Crippen molar-refractivity contribution in [3.8, 4) is 0 Å². The maximum atomic E-state index is 14.6. The monoisotopic (exact) mass is 366 g/mol. The minimum Gasteiger partial charge on any atom is -0.367 e. The van der Waals surface area contributed by atoms with Crippen molar-refractivity contribution >= 4 is 0 Å². The number of allylic oxidation sites excluding steroid dienone is 1. The topological polar surface area (TPSA) is 9.23 Å². The van der Waals surface area contributed by atoms with E-state index in [1.165, 1.54) is 51.4 Å². The number of hydrogen-bond acceptors (Lipinski definition) is 1. The molecule has 0 spiro atoms. The summed E-state index contributed by atoms with van der Waals surface area (Å²) in [4.78, 5) is 0. The van der Waals surface area contributed by atoms with Gasteiger partial charge >= 0.3 is 0 Å². The molecule has 0 atom stereocenters. The van der Waals surface area contributed by atoms with Gasteiger partial charge in [0.2, 0.25) is 0 Å². The van der Waals surface area contributed by atoms with Crippen LogP contribution >= 0.6 is 0 Å². The van der Waals surface area contributed by atoms with E-state index in [9.17, 15) is 8.78 Å². The van der Waals surface area contributed by atoms with Gasteiger partial charge in [0.05, 0.1) is 6.61 Å². The van der Waals surface area contributed by atoms with E-state index < -0.39 is 22.7 Å². The van der Waals surface area contributed by atoms with Crippen molar-refractivity contribution in [2.45, 2.75) is 96.5 Å². The number of halogens is 2. The Morgan fingerprint density at radius 1 is 0.808 bits per heavy atom. The van der Waals surface area contributed by atoms with Crippen LogP contribution in [0.15, 0.2) is 11.7 Å². The molecule has 0 unspecified atom stereocenters. The van der Waals surface area contributed by atoms with Crippen LogP contribution in [0.1, 0.15) is 90.9 Å². The van der Waals surface area contributed by atoms with Crippen LogP contribution in [0.25, 0.3) is 0 Å². The van der Waals surface area contributed by atoms with E-state index in [1.807, 2.05) is 6.92 Å². The van der Waals surface area contributed by atoms with Crippen LogP contribution in [0, 0.1) is 29.1 Å². The fraction of sp³-hybridized carbons (Fsp3) is 0.913. The minimum atomic E-state index is -0.932. The van der Waals surface area contributed by atoms with Gasteiger partial charge in [-0.25, -0.2) is 8.78 Å². The van der Waals surface area contributed by atoms with Gasteiger partial charge in [0.1, 0.15) is 11.4 Å². The Hall–Kier alpha value is -0.440. The molecule has 3 fully saturated rings. The Morgan fingerprint density at radius 2 is 1.35 bits per heavy atom. The molecule has 0 aromatic rings. The zero-order valence-corrected chi connectivity index (χ0v) is 16.7. The predicted molar refractivity (Wildman–Crippen MR) is 101 cm³/mol. The normalized spacial score (nSPS) is 46.6. The fourth-order valence-electron chi connectivity index (χ4n) is 6.18. The summed E-state index contributed by atoms with van der Waals surface area (Å²) in [5.41, 5.74) is -1.50. The molecule has 2 bridgehead atoms. The van der Waals surface area contributed by atoms with Gasteiger partial charge < -0.3 is 4.74 Å². The molecule has 5 aliphatic rings. The molecule has 5 aliphatic carbocycles. The van der Waals surface area contributed by atoms with Gasteiger partial charge in [0.25, 0.3) is 0 Å². The summed E-state index contributed by atoms with van der Waals surface area (Å²) in [6.45, 7) is 4.86. The molecular formula is C23H36F2O. The van der Waals surface area contributed by atoms with Gasteiger partial charge in [0.15, 0.2) is 5.83 Å². The van der Waals surface area contributed by atoms with Gasteiger partial charge in [-0.05, 0) is 87.9 Å². The number of rotatable bonds is 4. The van der Waals surface area contributed by atoms with E-state index in [1.54, 1.807) is 0 Å². The lowest BCUT2D eigenvalue weighted by atomic mass is 9.63. The number of ether oxygens (including phenoxy) is 1. The summed E-state index contributed by atoms with van der Waals surface area (Å²) in [6.07, 6.45) is 13.4. The Kier molecular flexibility index (Phi) is 5.22. The highest BCUT2D eigenvalue weighted by Crippen LogP contribution is 2.57. The second-order valence-electron chi connectivity index (χ2n) is 10.3. The van der Waals surface area contributed by atoms with Crippen LogP contribution < -0.4 is 0 Å². The molecule has 0 saturated heterocycles. The van der Waals surface area contributed by atoms with E-state index in [0.29, 0.717) is 25.4 Å². The molecule has 0 N–H and O–H groups in total. The number of hydrogen-bond donors (Lipinski definition) is 0. The molecule has 3 heteroatoms. The standard InChI is InChI=1S/C23H36F2O/c1-16-3-7-18(8-4-16)19-9-5-17(6-10-19)15-26-23-13-11-22(2,12-14-23)20(24)21(23)25/h16-19H,3-15H2,1-2H3. The molecule has 0 amide bonds. The van der Waals surface area contributed by atoms with Crippen molar-refractivity contribution in [3.05, 3.63) is 11.7 Å². The summed E-state index contributed by atoms with van der Waals surface area (Å²) in [5.74, 6) is 2.19. The third-order valence-corrected chi connectivity index (χ3v) is 8.50. The van der Waals surface area contributed by atoms with Crippen molar-refractivity contribution in [2.24, 2.45) is 29.1 Å². The van der Waals surface area contributed by atoms with E-state index in [-0.39, 0.29) is 0 Å². The van der Waals surface area contributed by atoms with Gasteiger partial charge in [0, 0.05) is 5.41 Å². The average molecular weight is 367 g/mol. The molecule has 5 rings (SSSR count). The van der Waals surface area contributed by atoms with Gasteiger partial charge in [-0.1, -0.05) is 26.7 Å². The summed E-state index contributed by atoms with van der Waals surface area (Å²) in [5, 5.41) is 0. The van der Waals surface area contributed by atoms with Gasteiger partial charge in [-0.15, -0.1) is 0 Å². The van der Waals surface area contributed by atoms with Crippen molar-refractivity contribution in [2.75, 3.05) is 6.61 Å². The van der Waals surface area contributed by atoms with Crippen LogP contribution in [0.3, 0.4) is 0 Å².